The van der Waals surface area contributed by atoms with Crippen LogP contribution in [0.4, 0.5) is 0 Å². The topological polar surface area (TPSA) is 63.7 Å². The molecule has 1 saturated carbocycles. The molecule has 0 radical (unpaired) electrons. The Morgan fingerprint density at radius 1 is 1.04 bits per heavy atom. The van der Waals surface area contributed by atoms with E-state index in [1.807, 2.05) is 0 Å². The van der Waals surface area contributed by atoms with Gasteiger partial charge in [0, 0.05) is 13.0 Å². The smallest absolute Gasteiger partial charge is 0.305 e. The van der Waals surface area contributed by atoms with Crippen LogP contribution in [0.25, 0.3) is 0 Å². The lowest BCUT2D eigenvalue weighted by molar-refractivity contribution is -0.144. The van der Waals surface area contributed by atoms with Gasteiger partial charge in [0.2, 0.25) is 11.8 Å². The third-order valence-electron chi connectivity index (χ3n) is 4.96. The van der Waals surface area contributed by atoms with Crippen molar-refractivity contribution in [1.82, 2.24) is 4.90 Å². The highest BCUT2D eigenvalue weighted by Gasteiger charge is 2.47. The van der Waals surface area contributed by atoms with E-state index in [4.69, 9.17) is 4.74 Å². The number of rotatable bonds is 9. The monoisotopic (exact) mass is 323 g/mol. The lowest BCUT2D eigenvalue weighted by atomic mass is 9.81. The fourth-order valence-electron chi connectivity index (χ4n) is 3.57. The molecular formula is C18H29NO4. The Morgan fingerprint density at radius 3 is 2.30 bits per heavy atom. The van der Waals surface area contributed by atoms with Gasteiger partial charge in [-0.3, -0.25) is 19.3 Å². The first-order valence-corrected chi connectivity index (χ1v) is 9.16. The summed E-state index contributed by atoms with van der Waals surface area (Å²) in [5.74, 6) is -0.162. The van der Waals surface area contributed by atoms with E-state index in [-0.39, 0.29) is 29.6 Å². The summed E-state index contributed by atoms with van der Waals surface area (Å²) >= 11 is 0. The Kier molecular flexibility index (Phi) is 7.06. The van der Waals surface area contributed by atoms with E-state index in [1.54, 1.807) is 0 Å². The molecule has 5 heteroatoms. The molecule has 2 rings (SSSR count). The van der Waals surface area contributed by atoms with Crippen molar-refractivity contribution < 1.29 is 19.1 Å². The van der Waals surface area contributed by atoms with Crippen LogP contribution in [0.2, 0.25) is 0 Å². The normalized spacial score (nSPS) is 24.0. The number of unbranched alkanes of at least 4 members (excludes halogenated alkanes) is 3. The summed E-state index contributed by atoms with van der Waals surface area (Å²) in [6.45, 7) is 3.08. The maximum atomic E-state index is 12.3. The number of fused-ring (bicyclic) bond motifs is 1. The second kappa shape index (κ2) is 9.04. The Labute approximate surface area is 138 Å². The number of carbonyl (C=O) groups is 3. The molecule has 0 aromatic rings. The molecule has 5 nitrogen and oxygen atoms in total. The quantitative estimate of drug-likeness (QED) is 0.372. The first kappa shape index (κ1) is 18.0. The lowest BCUT2D eigenvalue weighted by Crippen LogP contribution is -2.32. The van der Waals surface area contributed by atoms with Crippen molar-refractivity contribution in [3.8, 4) is 0 Å². The van der Waals surface area contributed by atoms with Gasteiger partial charge in [-0.1, -0.05) is 32.6 Å². The molecule has 2 aliphatic rings. The second-order valence-electron chi connectivity index (χ2n) is 6.71. The van der Waals surface area contributed by atoms with Gasteiger partial charge in [0.1, 0.15) is 0 Å². The van der Waals surface area contributed by atoms with Crippen LogP contribution in [-0.2, 0) is 19.1 Å². The van der Waals surface area contributed by atoms with Gasteiger partial charge >= 0.3 is 5.97 Å². The summed E-state index contributed by atoms with van der Waals surface area (Å²) < 4.78 is 5.10. The minimum Gasteiger partial charge on any atom is -0.466 e. The maximum Gasteiger partial charge on any atom is 0.305 e. The fraction of sp³-hybridized carbons (Fsp3) is 0.833. The molecule has 1 aliphatic heterocycles. The average molecular weight is 323 g/mol. The van der Waals surface area contributed by atoms with Crippen molar-refractivity contribution in [2.24, 2.45) is 11.8 Å². The van der Waals surface area contributed by atoms with E-state index in [0.717, 1.165) is 57.8 Å². The third-order valence-corrected chi connectivity index (χ3v) is 4.96. The number of ether oxygens (including phenoxy) is 1. The molecule has 1 aliphatic carbocycles. The average Bonchev–Trinajstić information content (AvgIpc) is 2.80. The van der Waals surface area contributed by atoms with Crippen LogP contribution in [-0.4, -0.2) is 35.8 Å². The van der Waals surface area contributed by atoms with Gasteiger partial charge < -0.3 is 4.74 Å². The molecular weight excluding hydrogens is 294 g/mol. The summed E-state index contributed by atoms with van der Waals surface area (Å²) in [5.41, 5.74) is 0. The molecule has 2 amide bonds. The highest BCUT2D eigenvalue weighted by molar-refractivity contribution is 6.05. The van der Waals surface area contributed by atoms with Crippen LogP contribution in [0.3, 0.4) is 0 Å². The zero-order valence-electron chi connectivity index (χ0n) is 14.2. The van der Waals surface area contributed by atoms with E-state index in [1.165, 1.54) is 4.90 Å². The first-order chi connectivity index (χ1) is 11.1. The van der Waals surface area contributed by atoms with Crippen LogP contribution in [0.5, 0.6) is 0 Å². The first-order valence-electron chi connectivity index (χ1n) is 9.16. The van der Waals surface area contributed by atoms with E-state index in [9.17, 15) is 14.4 Å². The predicted molar refractivity (Wildman–Crippen MR) is 86.5 cm³/mol. The second-order valence-corrected chi connectivity index (χ2v) is 6.71. The van der Waals surface area contributed by atoms with Gasteiger partial charge in [-0.2, -0.15) is 0 Å². The Bertz CT molecular complexity index is 411. The Balaban J connectivity index is 1.62. The summed E-state index contributed by atoms with van der Waals surface area (Å²) in [4.78, 5) is 37.5. The van der Waals surface area contributed by atoms with Gasteiger partial charge in [-0.25, -0.2) is 0 Å². The SMILES string of the molecule is CCCCOC(=O)CCCCCN1C(=O)C2CCCCC2C1=O. The largest absolute Gasteiger partial charge is 0.466 e. The number of hydrogen-bond acceptors (Lipinski definition) is 4. The van der Waals surface area contributed by atoms with E-state index < -0.39 is 0 Å². The minimum absolute atomic E-state index is 0.0404. The summed E-state index contributed by atoms with van der Waals surface area (Å²) in [5, 5.41) is 0. The van der Waals surface area contributed by atoms with Gasteiger partial charge in [0.15, 0.2) is 0 Å². The molecule has 1 heterocycles. The summed E-state index contributed by atoms with van der Waals surface area (Å²) in [6.07, 6.45) is 8.60. The Hall–Kier alpha value is -1.39. The van der Waals surface area contributed by atoms with Crippen LogP contribution in [0, 0.1) is 11.8 Å². The van der Waals surface area contributed by atoms with Crippen molar-refractivity contribution in [2.45, 2.75) is 71.1 Å². The van der Waals surface area contributed by atoms with E-state index >= 15 is 0 Å². The molecule has 1 saturated heterocycles. The number of nitrogens with zero attached hydrogens (tertiary/aromatic N) is 1. The van der Waals surface area contributed by atoms with E-state index in [2.05, 4.69) is 6.92 Å². The minimum atomic E-state index is -0.141. The maximum absolute atomic E-state index is 12.3. The van der Waals surface area contributed by atoms with Gasteiger partial charge in [-0.05, 0) is 32.1 Å². The third kappa shape index (κ3) is 4.79. The van der Waals surface area contributed by atoms with Crippen LogP contribution >= 0.6 is 0 Å². The summed E-state index contributed by atoms with van der Waals surface area (Å²) in [6, 6.07) is 0. The molecule has 130 valence electrons. The van der Waals surface area contributed by atoms with Crippen LogP contribution < -0.4 is 0 Å². The number of amides is 2. The molecule has 0 N–H and O–H groups in total. The van der Waals surface area contributed by atoms with Crippen molar-refractivity contribution >= 4 is 17.8 Å². The van der Waals surface area contributed by atoms with Gasteiger partial charge in [-0.15, -0.1) is 0 Å². The number of likely N-dealkylation sites (tertiary alicyclic amines) is 1. The van der Waals surface area contributed by atoms with Crippen molar-refractivity contribution in [2.75, 3.05) is 13.2 Å². The molecule has 0 aromatic heterocycles. The molecule has 0 spiro atoms. The number of imide groups is 1. The molecule has 23 heavy (non-hydrogen) atoms. The molecule has 0 bridgehead atoms. The van der Waals surface area contributed by atoms with Crippen LogP contribution in [0.15, 0.2) is 0 Å². The van der Waals surface area contributed by atoms with Crippen molar-refractivity contribution in [3.05, 3.63) is 0 Å². The van der Waals surface area contributed by atoms with Crippen molar-refractivity contribution in [1.29, 1.82) is 0 Å². The molecule has 2 unspecified atom stereocenters. The summed E-state index contributed by atoms with van der Waals surface area (Å²) in [7, 11) is 0. The van der Waals surface area contributed by atoms with E-state index in [0.29, 0.717) is 19.6 Å². The number of hydrogen-bond donors (Lipinski definition) is 0. The van der Waals surface area contributed by atoms with Crippen molar-refractivity contribution in [3.63, 3.8) is 0 Å². The highest BCUT2D eigenvalue weighted by atomic mass is 16.5. The molecule has 2 atom stereocenters. The zero-order chi connectivity index (χ0) is 16.7. The predicted octanol–water partition coefficient (Wildman–Crippen LogP) is 3.07. The molecule has 0 aromatic carbocycles. The lowest BCUT2D eigenvalue weighted by Gasteiger charge is -2.19. The highest BCUT2D eigenvalue weighted by Crippen LogP contribution is 2.38. The number of esters is 1. The molecule has 2 fully saturated rings. The number of carbonyl (C=O) groups excluding carboxylic acids is 3. The van der Waals surface area contributed by atoms with Crippen LogP contribution in [0.1, 0.15) is 71.1 Å². The Morgan fingerprint density at radius 2 is 1.70 bits per heavy atom. The zero-order valence-corrected chi connectivity index (χ0v) is 14.2. The van der Waals surface area contributed by atoms with Gasteiger partial charge in [0.25, 0.3) is 0 Å². The fourth-order valence-corrected chi connectivity index (χ4v) is 3.57. The van der Waals surface area contributed by atoms with Gasteiger partial charge in [0.05, 0.1) is 18.4 Å². The standard InChI is InChI=1S/C18H29NO4/c1-2-3-13-23-16(20)11-5-4-8-12-19-17(21)14-9-6-7-10-15(14)18(19)22/h14-15H,2-13H2,1H3.